The zero-order chi connectivity index (χ0) is 16.1. The van der Waals surface area contributed by atoms with E-state index in [1.807, 2.05) is 31.2 Å². The van der Waals surface area contributed by atoms with Gasteiger partial charge in [-0.15, -0.1) is 0 Å². The average molecular weight is 313 g/mol. The maximum absolute atomic E-state index is 11.8. The Morgan fingerprint density at radius 1 is 1.13 bits per heavy atom. The second-order valence-corrected chi connectivity index (χ2v) is 5.17. The molecule has 0 atom stereocenters. The lowest BCUT2D eigenvalue weighted by atomic mass is 10.2. The van der Waals surface area contributed by atoms with E-state index in [9.17, 15) is 4.79 Å². The molecule has 0 spiro atoms. The zero-order valence-corrected chi connectivity index (χ0v) is 13.0. The summed E-state index contributed by atoms with van der Waals surface area (Å²) in [5, 5.41) is 6.03. The van der Waals surface area contributed by atoms with Crippen molar-refractivity contribution < 1.29 is 14.3 Å². The van der Waals surface area contributed by atoms with Crippen molar-refractivity contribution in [3.05, 3.63) is 42.2 Å². The first-order valence-corrected chi connectivity index (χ1v) is 7.67. The summed E-state index contributed by atoms with van der Waals surface area (Å²) in [7, 11) is 0. The second kappa shape index (κ2) is 7.00. The van der Waals surface area contributed by atoms with Crippen LogP contribution in [0.3, 0.4) is 0 Å². The number of nitrogens with zero attached hydrogens (tertiary/aromatic N) is 1. The monoisotopic (exact) mass is 313 g/mol. The van der Waals surface area contributed by atoms with Gasteiger partial charge in [-0.25, -0.2) is 4.98 Å². The zero-order valence-electron chi connectivity index (χ0n) is 13.0. The number of carbonyl (C=O) groups excluding carboxylic acids is 1. The number of carbonyl (C=O) groups is 1. The molecule has 1 aromatic heterocycles. The Hall–Kier alpha value is -2.76. The van der Waals surface area contributed by atoms with Crippen molar-refractivity contribution in [2.24, 2.45) is 0 Å². The van der Waals surface area contributed by atoms with Crippen molar-refractivity contribution in [3.8, 4) is 11.5 Å². The van der Waals surface area contributed by atoms with E-state index in [1.54, 1.807) is 12.3 Å². The first-order valence-electron chi connectivity index (χ1n) is 7.67. The molecule has 2 heterocycles. The van der Waals surface area contributed by atoms with Crippen molar-refractivity contribution in [2.45, 2.75) is 13.3 Å². The van der Waals surface area contributed by atoms with Crippen LogP contribution in [0.15, 0.2) is 36.5 Å². The number of nitrogens with one attached hydrogen (secondary N) is 2. The molecule has 0 radical (unpaired) electrons. The molecule has 120 valence electrons. The van der Waals surface area contributed by atoms with E-state index >= 15 is 0 Å². The number of aromatic nitrogens is 1. The van der Waals surface area contributed by atoms with Gasteiger partial charge in [0.05, 0.1) is 11.9 Å². The molecule has 0 saturated heterocycles. The van der Waals surface area contributed by atoms with Crippen LogP contribution >= 0.6 is 0 Å². The molecular formula is C17H19N3O3. The molecule has 6 heteroatoms. The predicted octanol–water partition coefficient (Wildman–Crippen LogP) is 2.74. The molecule has 1 aliphatic heterocycles. The number of anilines is 2. The summed E-state index contributed by atoms with van der Waals surface area (Å²) in [4.78, 5) is 16.0. The lowest BCUT2D eigenvalue weighted by molar-refractivity contribution is 0.0949. The Kier molecular flexibility index (Phi) is 4.61. The van der Waals surface area contributed by atoms with Crippen molar-refractivity contribution >= 4 is 17.3 Å². The second-order valence-electron chi connectivity index (χ2n) is 5.17. The van der Waals surface area contributed by atoms with Crippen LogP contribution in [0, 0.1) is 0 Å². The molecule has 6 nitrogen and oxygen atoms in total. The number of benzene rings is 1. The molecule has 0 bridgehead atoms. The first kappa shape index (κ1) is 15.1. The Bertz CT molecular complexity index is 686. The van der Waals surface area contributed by atoms with Gasteiger partial charge in [-0.1, -0.05) is 6.92 Å². The summed E-state index contributed by atoms with van der Waals surface area (Å²) in [6.45, 7) is 3.79. The lowest BCUT2D eigenvalue weighted by Crippen LogP contribution is -2.24. The number of hydrogen-bond donors (Lipinski definition) is 2. The van der Waals surface area contributed by atoms with Crippen molar-refractivity contribution in [1.82, 2.24) is 10.3 Å². The van der Waals surface area contributed by atoms with E-state index in [2.05, 4.69) is 15.6 Å². The molecule has 0 fully saturated rings. The summed E-state index contributed by atoms with van der Waals surface area (Å²) >= 11 is 0. The topological polar surface area (TPSA) is 72.5 Å². The summed E-state index contributed by atoms with van der Waals surface area (Å²) in [5.74, 6) is 1.32. The molecule has 2 aromatic rings. The molecular weight excluding hydrogens is 294 g/mol. The average Bonchev–Trinajstić information content (AvgIpc) is 2.60. The van der Waals surface area contributed by atoms with Crippen molar-refractivity contribution in [1.29, 1.82) is 0 Å². The van der Waals surface area contributed by atoms with Crippen LogP contribution in [0.2, 0.25) is 0 Å². The molecule has 1 aliphatic rings. The summed E-state index contributed by atoms with van der Waals surface area (Å²) in [6.07, 6.45) is 2.53. The van der Waals surface area contributed by atoms with Gasteiger partial charge in [-0.2, -0.15) is 0 Å². The fraction of sp³-hybridized carbons (Fsp3) is 0.294. The van der Waals surface area contributed by atoms with Crippen LogP contribution in [0.4, 0.5) is 11.4 Å². The minimum atomic E-state index is -0.155. The van der Waals surface area contributed by atoms with Gasteiger partial charge < -0.3 is 20.1 Å². The van der Waals surface area contributed by atoms with E-state index in [0.717, 1.165) is 29.3 Å². The summed E-state index contributed by atoms with van der Waals surface area (Å²) < 4.78 is 11.0. The maximum Gasteiger partial charge on any atom is 0.269 e. The highest BCUT2D eigenvalue weighted by Gasteiger charge is 2.12. The van der Waals surface area contributed by atoms with Gasteiger partial charge in [-0.3, -0.25) is 4.79 Å². The predicted molar refractivity (Wildman–Crippen MR) is 87.6 cm³/mol. The maximum atomic E-state index is 11.8. The lowest BCUT2D eigenvalue weighted by Gasteiger charge is -2.19. The first-order chi connectivity index (χ1) is 11.3. The SMILES string of the molecule is CCCNC(=O)c1ccc(Nc2ccc3c(c2)OCCO3)cn1. The van der Waals surface area contributed by atoms with E-state index in [0.29, 0.717) is 25.5 Å². The number of amides is 1. The smallest absolute Gasteiger partial charge is 0.269 e. The fourth-order valence-corrected chi connectivity index (χ4v) is 2.22. The highest BCUT2D eigenvalue weighted by Crippen LogP contribution is 2.33. The van der Waals surface area contributed by atoms with Crippen LogP contribution in [0.25, 0.3) is 0 Å². The third-order valence-electron chi connectivity index (χ3n) is 3.36. The van der Waals surface area contributed by atoms with Gasteiger partial charge in [0.25, 0.3) is 5.91 Å². The summed E-state index contributed by atoms with van der Waals surface area (Å²) in [6, 6.07) is 9.19. The minimum absolute atomic E-state index is 0.155. The van der Waals surface area contributed by atoms with E-state index in [-0.39, 0.29) is 5.91 Å². The normalized spacial score (nSPS) is 12.6. The van der Waals surface area contributed by atoms with E-state index in [1.165, 1.54) is 0 Å². The van der Waals surface area contributed by atoms with E-state index in [4.69, 9.17) is 9.47 Å². The standard InChI is InChI=1S/C17H19N3O3/c1-2-7-18-17(21)14-5-3-13(11-19-14)20-12-4-6-15-16(10-12)23-9-8-22-15/h3-6,10-11,20H,2,7-9H2,1H3,(H,18,21). The van der Waals surface area contributed by atoms with Crippen LogP contribution in [-0.4, -0.2) is 30.6 Å². The molecule has 0 saturated carbocycles. The van der Waals surface area contributed by atoms with Gasteiger partial charge in [-0.05, 0) is 30.7 Å². The third kappa shape index (κ3) is 3.71. The van der Waals surface area contributed by atoms with Gasteiger partial charge in [0.1, 0.15) is 18.9 Å². The quantitative estimate of drug-likeness (QED) is 0.888. The van der Waals surface area contributed by atoms with Crippen molar-refractivity contribution in [3.63, 3.8) is 0 Å². The molecule has 0 aliphatic carbocycles. The van der Waals surface area contributed by atoms with Crippen LogP contribution < -0.4 is 20.1 Å². The van der Waals surface area contributed by atoms with Crippen LogP contribution in [0.1, 0.15) is 23.8 Å². The van der Waals surface area contributed by atoms with Gasteiger partial charge in [0.15, 0.2) is 11.5 Å². The highest BCUT2D eigenvalue weighted by atomic mass is 16.6. The van der Waals surface area contributed by atoms with Gasteiger partial charge >= 0.3 is 0 Å². The van der Waals surface area contributed by atoms with Crippen LogP contribution in [0.5, 0.6) is 11.5 Å². The van der Waals surface area contributed by atoms with Crippen LogP contribution in [-0.2, 0) is 0 Å². The fourth-order valence-electron chi connectivity index (χ4n) is 2.22. The highest BCUT2D eigenvalue weighted by molar-refractivity contribution is 5.92. The molecule has 1 aromatic carbocycles. The number of fused-ring (bicyclic) bond motifs is 1. The Labute approximate surface area is 134 Å². The third-order valence-corrected chi connectivity index (χ3v) is 3.36. The van der Waals surface area contributed by atoms with E-state index < -0.39 is 0 Å². The Morgan fingerprint density at radius 2 is 1.91 bits per heavy atom. The molecule has 2 N–H and O–H groups in total. The largest absolute Gasteiger partial charge is 0.486 e. The molecule has 23 heavy (non-hydrogen) atoms. The Balaban J connectivity index is 1.67. The van der Waals surface area contributed by atoms with Gasteiger partial charge in [0.2, 0.25) is 0 Å². The van der Waals surface area contributed by atoms with Gasteiger partial charge in [0, 0.05) is 18.3 Å². The minimum Gasteiger partial charge on any atom is -0.486 e. The van der Waals surface area contributed by atoms with Crippen molar-refractivity contribution in [2.75, 3.05) is 25.1 Å². The molecule has 1 amide bonds. The summed E-state index contributed by atoms with van der Waals surface area (Å²) in [5.41, 5.74) is 2.08. The number of hydrogen-bond acceptors (Lipinski definition) is 5. The number of pyridine rings is 1. The number of ether oxygens (including phenoxy) is 2. The molecule has 3 rings (SSSR count). The molecule has 0 unspecified atom stereocenters. The number of rotatable bonds is 5. The Morgan fingerprint density at radius 3 is 2.65 bits per heavy atom.